The summed E-state index contributed by atoms with van der Waals surface area (Å²) in [5.74, 6) is -1.55. The van der Waals surface area contributed by atoms with E-state index in [1.165, 1.54) is 38.1 Å². The number of phosphoric acid groups is 1. The van der Waals surface area contributed by atoms with Crippen molar-refractivity contribution in [2.45, 2.75) is 20.5 Å². The van der Waals surface area contributed by atoms with Crippen LogP contribution in [0, 0.1) is 0 Å². The zero-order valence-corrected chi connectivity index (χ0v) is 20.7. The number of rotatable bonds is 11. The molecule has 9 heteroatoms. The Morgan fingerprint density at radius 3 is 1.47 bits per heavy atom. The van der Waals surface area contributed by atoms with E-state index in [9.17, 15) is 14.2 Å². The highest BCUT2D eigenvalue weighted by molar-refractivity contribution is 7.49. The largest absolute Gasteiger partial charge is 0.588 e. The van der Waals surface area contributed by atoms with Crippen molar-refractivity contribution < 1.29 is 37.2 Å². The van der Waals surface area contributed by atoms with E-state index in [2.05, 4.69) is 13.2 Å². The lowest BCUT2D eigenvalue weighted by molar-refractivity contribution is -0.131. The molecule has 0 saturated carbocycles. The minimum Gasteiger partial charge on any atom is -0.419 e. The van der Waals surface area contributed by atoms with Crippen LogP contribution >= 0.6 is 7.82 Å². The molecule has 0 N–H and O–H groups in total. The van der Waals surface area contributed by atoms with Gasteiger partial charge in [-0.1, -0.05) is 67.8 Å². The van der Waals surface area contributed by atoms with E-state index in [-0.39, 0.29) is 40.8 Å². The van der Waals surface area contributed by atoms with E-state index in [1.807, 2.05) is 6.07 Å². The maximum atomic E-state index is 13.9. The van der Waals surface area contributed by atoms with Crippen LogP contribution in [0.5, 0.6) is 23.0 Å². The number of ether oxygens (including phenoxy) is 2. The van der Waals surface area contributed by atoms with Crippen LogP contribution in [-0.2, 0) is 25.3 Å². The van der Waals surface area contributed by atoms with Crippen LogP contribution in [0.4, 0.5) is 0 Å². The molecule has 0 heterocycles. The molecule has 186 valence electrons. The first-order valence-electron chi connectivity index (χ1n) is 10.8. The third-order valence-electron chi connectivity index (χ3n) is 4.45. The van der Waals surface area contributed by atoms with E-state index in [4.69, 9.17) is 23.0 Å². The van der Waals surface area contributed by atoms with Gasteiger partial charge in [-0.05, 0) is 43.7 Å². The summed E-state index contributed by atoms with van der Waals surface area (Å²) >= 11 is 0. The molecule has 8 nitrogen and oxygen atoms in total. The average molecular weight is 508 g/mol. The molecule has 0 aromatic heterocycles. The fourth-order valence-corrected chi connectivity index (χ4v) is 3.87. The summed E-state index contributed by atoms with van der Waals surface area (Å²) in [7, 11) is -4.44. The van der Waals surface area contributed by atoms with E-state index >= 15 is 0 Å². The van der Waals surface area contributed by atoms with Crippen molar-refractivity contribution in [3.63, 3.8) is 0 Å². The van der Waals surface area contributed by atoms with Crippen LogP contribution in [0.1, 0.15) is 19.4 Å². The molecule has 3 rings (SSSR count). The summed E-state index contributed by atoms with van der Waals surface area (Å²) in [5.41, 5.74) is 1.03. The highest BCUT2D eigenvalue weighted by Crippen LogP contribution is 2.53. The zero-order chi connectivity index (χ0) is 26.1. The van der Waals surface area contributed by atoms with Gasteiger partial charge in [0, 0.05) is 11.1 Å². The minimum atomic E-state index is -4.44. The third kappa shape index (κ3) is 7.43. The monoisotopic (exact) mass is 508 g/mol. The number of carbonyl (C=O) groups excluding carboxylic acids is 2. The predicted octanol–water partition coefficient (Wildman–Crippen LogP) is 6.43. The molecule has 0 amide bonds. The van der Waals surface area contributed by atoms with Crippen molar-refractivity contribution in [1.29, 1.82) is 0 Å². The molecule has 0 spiro atoms. The number of esters is 2. The molecular weight excluding hydrogens is 483 g/mol. The van der Waals surface area contributed by atoms with E-state index in [0.717, 1.165) is 0 Å². The SMILES string of the molecule is C=C(C)C(=O)Oc1ccccc1OP(=O)(OCc1ccccc1)Oc1ccccc1OC(=O)C(=C)C. The maximum absolute atomic E-state index is 13.9. The van der Waals surface area contributed by atoms with Gasteiger partial charge in [-0.2, -0.15) is 0 Å². The molecule has 0 radical (unpaired) electrons. The number of hydrogen-bond donors (Lipinski definition) is 0. The van der Waals surface area contributed by atoms with Gasteiger partial charge in [0.2, 0.25) is 0 Å². The maximum Gasteiger partial charge on any atom is 0.588 e. The molecule has 0 aliphatic carbocycles. The molecule has 0 saturated heterocycles. The molecule has 0 fully saturated rings. The Labute approximate surface area is 209 Å². The lowest BCUT2D eigenvalue weighted by atomic mass is 10.2. The second-order valence-electron chi connectivity index (χ2n) is 7.62. The highest BCUT2D eigenvalue weighted by Gasteiger charge is 2.34. The fraction of sp³-hybridized carbons (Fsp3) is 0.111. The standard InChI is InChI=1S/C27H25O8P/c1-19(2)26(28)32-22-14-8-10-16-24(22)34-36(30,31-18-21-12-6-5-7-13-21)35-25-17-11-9-15-23(25)33-27(29)20(3)4/h5-17H,1,3,18H2,2,4H3. The molecule has 3 aromatic carbocycles. The smallest absolute Gasteiger partial charge is 0.419 e. The number of phosphoric ester groups is 1. The van der Waals surface area contributed by atoms with Crippen molar-refractivity contribution in [3.05, 3.63) is 109 Å². The van der Waals surface area contributed by atoms with Crippen molar-refractivity contribution in [3.8, 4) is 23.0 Å². The van der Waals surface area contributed by atoms with Crippen LogP contribution in [-0.4, -0.2) is 11.9 Å². The summed E-state index contributed by atoms with van der Waals surface area (Å²) in [6.07, 6.45) is 0. The minimum absolute atomic E-state index is 0.0142. The number of benzene rings is 3. The Morgan fingerprint density at radius 2 is 1.06 bits per heavy atom. The quantitative estimate of drug-likeness (QED) is 0.126. The molecule has 0 aliphatic heterocycles. The molecular formula is C27H25O8P. The van der Waals surface area contributed by atoms with Gasteiger partial charge in [0.15, 0.2) is 23.0 Å². The van der Waals surface area contributed by atoms with Crippen LogP contribution in [0.25, 0.3) is 0 Å². The number of hydrogen-bond acceptors (Lipinski definition) is 8. The molecule has 3 aromatic rings. The van der Waals surface area contributed by atoms with Crippen LogP contribution in [0.15, 0.2) is 103 Å². The normalized spacial score (nSPS) is 10.7. The molecule has 0 atom stereocenters. The third-order valence-corrected chi connectivity index (χ3v) is 5.74. The van der Waals surface area contributed by atoms with Crippen molar-refractivity contribution >= 4 is 19.8 Å². The van der Waals surface area contributed by atoms with Gasteiger partial charge in [0.1, 0.15) is 0 Å². The molecule has 0 unspecified atom stereocenters. The van der Waals surface area contributed by atoms with E-state index in [0.29, 0.717) is 5.56 Å². The van der Waals surface area contributed by atoms with Gasteiger partial charge >= 0.3 is 19.8 Å². The van der Waals surface area contributed by atoms with Gasteiger partial charge in [-0.25, -0.2) is 14.2 Å². The lowest BCUT2D eigenvalue weighted by Gasteiger charge is -2.21. The topological polar surface area (TPSA) is 97.4 Å². The lowest BCUT2D eigenvalue weighted by Crippen LogP contribution is -2.12. The Balaban J connectivity index is 1.94. The first-order chi connectivity index (χ1) is 17.2. The first kappa shape index (κ1) is 26.5. The van der Waals surface area contributed by atoms with Gasteiger partial charge < -0.3 is 18.5 Å². The zero-order valence-electron chi connectivity index (χ0n) is 19.8. The van der Waals surface area contributed by atoms with Crippen molar-refractivity contribution in [1.82, 2.24) is 0 Å². The summed E-state index contributed by atoms with van der Waals surface area (Å²) < 4.78 is 41.5. The second kappa shape index (κ2) is 12.0. The average Bonchev–Trinajstić information content (AvgIpc) is 2.85. The Bertz CT molecular complexity index is 1240. The summed E-state index contributed by atoms with van der Waals surface area (Å²) in [5, 5.41) is 0. The van der Waals surface area contributed by atoms with Crippen LogP contribution in [0.2, 0.25) is 0 Å². The highest BCUT2D eigenvalue weighted by atomic mass is 31.2. The van der Waals surface area contributed by atoms with Crippen LogP contribution < -0.4 is 18.5 Å². The Kier molecular flexibility index (Phi) is 8.84. The summed E-state index contributed by atoms with van der Waals surface area (Å²) in [6, 6.07) is 21.2. The Morgan fingerprint density at radius 1 is 0.667 bits per heavy atom. The van der Waals surface area contributed by atoms with Crippen molar-refractivity contribution in [2.75, 3.05) is 0 Å². The predicted molar refractivity (Wildman–Crippen MR) is 134 cm³/mol. The second-order valence-corrected chi connectivity index (χ2v) is 9.14. The number of para-hydroxylation sites is 4. The van der Waals surface area contributed by atoms with Crippen molar-refractivity contribution in [2.24, 2.45) is 0 Å². The van der Waals surface area contributed by atoms with Crippen LogP contribution in [0.3, 0.4) is 0 Å². The molecule has 36 heavy (non-hydrogen) atoms. The van der Waals surface area contributed by atoms with Gasteiger partial charge in [-0.3, -0.25) is 4.52 Å². The van der Waals surface area contributed by atoms with E-state index in [1.54, 1.807) is 48.5 Å². The first-order valence-corrected chi connectivity index (χ1v) is 12.2. The summed E-state index contributed by atoms with van der Waals surface area (Å²) in [4.78, 5) is 24.1. The Hall–Kier alpha value is -4.13. The van der Waals surface area contributed by atoms with E-state index < -0.39 is 19.8 Å². The molecule has 0 bridgehead atoms. The molecule has 0 aliphatic rings. The van der Waals surface area contributed by atoms with Gasteiger partial charge in [-0.15, -0.1) is 0 Å². The number of carbonyl (C=O) groups is 2. The van der Waals surface area contributed by atoms with Gasteiger partial charge in [0.05, 0.1) is 6.61 Å². The van der Waals surface area contributed by atoms with Gasteiger partial charge in [0.25, 0.3) is 0 Å². The summed E-state index contributed by atoms with van der Waals surface area (Å²) in [6.45, 7) is 9.96. The fourth-order valence-electron chi connectivity index (χ4n) is 2.63.